The zero-order valence-electron chi connectivity index (χ0n) is 14.5. The fourth-order valence-electron chi connectivity index (χ4n) is 2.51. The van der Waals surface area contributed by atoms with E-state index in [0.717, 1.165) is 0 Å². The maximum atomic E-state index is 11.8. The molecule has 1 aliphatic heterocycles. The fraction of sp³-hybridized carbons (Fsp3) is 0.500. The van der Waals surface area contributed by atoms with Crippen LogP contribution in [0.1, 0.15) is 12.0 Å². The highest BCUT2D eigenvalue weighted by molar-refractivity contribution is 7.60. The second-order valence-electron chi connectivity index (χ2n) is 5.76. The minimum absolute atomic E-state index is 0.0151. The Morgan fingerprint density at radius 2 is 2.11 bits per heavy atom. The first-order valence-corrected chi connectivity index (χ1v) is 10.7. The van der Waals surface area contributed by atoms with Gasteiger partial charge in [-0.05, 0) is 6.92 Å². The molecule has 7 N–H and O–H groups in total. The molecule has 4 unspecified atom stereocenters. The minimum atomic E-state index is -5.27. The SMILES string of the molecule is C=CN(c1[nH]c(N)nc(=O)c1C)C1CC(O)C(COP(=O)(O)OP(=O)(O)O)O1. The van der Waals surface area contributed by atoms with Crippen molar-refractivity contribution in [2.24, 2.45) is 0 Å². The highest BCUT2D eigenvalue weighted by Crippen LogP contribution is 2.57. The van der Waals surface area contributed by atoms with Crippen LogP contribution in [-0.4, -0.2) is 54.8 Å². The number of hydrogen-bond donors (Lipinski definition) is 6. The zero-order valence-corrected chi connectivity index (χ0v) is 16.3. The predicted octanol–water partition coefficient (Wildman–Crippen LogP) is -0.687. The second-order valence-corrected chi connectivity index (χ2v) is 8.59. The molecule has 0 radical (unpaired) electrons. The molecule has 1 aromatic heterocycles. The van der Waals surface area contributed by atoms with Gasteiger partial charge in [0, 0.05) is 12.6 Å². The van der Waals surface area contributed by atoms with Gasteiger partial charge in [0.05, 0.1) is 18.3 Å². The third-order valence-electron chi connectivity index (χ3n) is 3.73. The maximum absolute atomic E-state index is 11.8. The van der Waals surface area contributed by atoms with Crippen LogP contribution in [0.2, 0.25) is 0 Å². The first-order chi connectivity index (χ1) is 12.8. The van der Waals surface area contributed by atoms with E-state index < -0.39 is 46.2 Å². The van der Waals surface area contributed by atoms with Crippen LogP contribution in [0.5, 0.6) is 0 Å². The highest BCUT2D eigenvalue weighted by atomic mass is 31.3. The van der Waals surface area contributed by atoms with E-state index in [0.29, 0.717) is 0 Å². The van der Waals surface area contributed by atoms with Gasteiger partial charge in [-0.25, -0.2) is 9.13 Å². The molecule has 2 rings (SSSR count). The van der Waals surface area contributed by atoms with Crippen LogP contribution in [0.4, 0.5) is 11.8 Å². The van der Waals surface area contributed by atoms with E-state index in [1.807, 2.05) is 0 Å². The number of nitrogens with one attached hydrogen (secondary N) is 1. The molecule has 4 atom stereocenters. The minimum Gasteiger partial charge on any atom is -0.390 e. The Balaban J connectivity index is 2.12. The van der Waals surface area contributed by atoms with E-state index in [1.54, 1.807) is 0 Å². The first kappa shape index (κ1) is 22.7. The molecule has 158 valence electrons. The van der Waals surface area contributed by atoms with Crippen LogP contribution in [0, 0.1) is 6.92 Å². The van der Waals surface area contributed by atoms with E-state index in [1.165, 1.54) is 18.0 Å². The Bertz CT molecular complexity index is 886. The number of aromatic amines is 1. The van der Waals surface area contributed by atoms with Crippen LogP contribution >= 0.6 is 15.6 Å². The molecule has 0 spiro atoms. The summed E-state index contributed by atoms with van der Waals surface area (Å²) in [4.78, 5) is 45.9. The van der Waals surface area contributed by atoms with E-state index >= 15 is 0 Å². The van der Waals surface area contributed by atoms with Crippen molar-refractivity contribution >= 4 is 27.4 Å². The number of nitrogen functional groups attached to an aromatic ring is 1. The largest absolute Gasteiger partial charge is 0.481 e. The van der Waals surface area contributed by atoms with Gasteiger partial charge in [-0.1, -0.05) is 6.58 Å². The smallest absolute Gasteiger partial charge is 0.390 e. The second kappa shape index (κ2) is 8.41. The van der Waals surface area contributed by atoms with Crippen LogP contribution in [0.3, 0.4) is 0 Å². The Morgan fingerprint density at radius 1 is 1.46 bits per heavy atom. The van der Waals surface area contributed by atoms with Gasteiger partial charge < -0.3 is 40.1 Å². The average Bonchev–Trinajstić information content (AvgIpc) is 2.89. The van der Waals surface area contributed by atoms with Crippen LogP contribution < -0.4 is 16.2 Å². The molecule has 0 aromatic carbocycles. The molecule has 16 heteroatoms. The van der Waals surface area contributed by atoms with Crippen molar-refractivity contribution in [3.8, 4) is 0 Å². The third-order valence-corrected chi connectivity index (χ3v) is 5.88. The third kappa shape index (κ3) is 5.70. The summed E-state index contributed by atoms with van der Waals surface area (Å²) in [5.41, 5.74) is 5.18. The topological polar surface area (TPSA) is 218 Å². The van der Waals surface area contributed by atoms with Crippen molar-refractivity contribution in [1.29, 1.82) is 0 Å². The van der Waals surface area contributed by atoms with Crippen LogP contribution in [0.15, 0.2) is 17.6 Å². The number of aromatic nitrogens is 2. The molecule has 14 nitrogen and oxygen atoms in total. The average molecular weight is 442 g/mol. The van der Waals surface area contributed by atoms with Crippen LogP contribution in [0.25, 0.3) is 0 Å². The number of H-pyrrole nitrogens is 1. The number of anilines is 2. The van der Waals surface area contributed by atoms with Gasteiger partial charge in [-0.2, -0.15) is 9.29 Å². The molecule has 0 bridgehead atoms. The molecule has 1 fully saturated rings. The molecular formula is C12H20N4O10P2. The number of ether oxygens (including phenoxy) is 1. The Labute approximate surface area is 158 Å². The number of phosphoric ester groups is 1. The maximum Gasteiger partial charge on any atom is 0.481 e. The summed E-state index contributed by atoms with van der Waals surface area (Å²) in [5.74, 6) is 0.0793. The Morgan fingerprint density at radius 3 is 2.68 bits per heavy atom. The molecule has 1 aliphatic rings. The zero-order chi connectivity index (χ0) is 21.3. The van der Waals surface area contributed by atoms with Gasteiger partial charge in [0.1, 0.15) is 18.1 Å². The van der Waals surface area contributed by atoms with Gasteiger partial charge in [0.2, 0.25) is 5.95 Å². The Hall–Kier alpha value is -1.60. The van der Waals surface area contributed by atoms with Gasteiger partial charge in [0.15, 0.2) is 0 Å². The lowest BCUT2D eigenvalue weighted by atomic mass is 10.2. The fourth-order valence-corrected chi connectivity index (χ4v) is 4.11. The number of phosphoric acid groups is 2. The van der Waals surface area contributed by atoms with Crippen molar-refractivity contribution in [3.05, 3.63) is 28.7 Å². The summed E-state index contributed by atoms with van der Waals surface area (Å²) < 4.78 is 35.8. The summed E-state index contributed by atoms with van der Waals surface area (Å²) >= 11 is 0. The summed E-state index contributed by atoms with van der Waals surface area (Å²) in [5, 5.41) is 10.1. The summed E-state index contributed by atoms with van der Waals surface area (Å²) in [6, 6.07) is 0. The lowest BCUT2D eigenvalue weighted by Gasteiger charge is -2.27. The van der Waals surface area contributed by atoms with Gasteiger partial charge in [0.25, 0.3) is 5.56 Å². The summed E-state index contributed by atoms with van der Waals surface area (Å²) in [6.45, 7) is 4.40. The van der Waals surface area contributed by atoms with E-state index in [2.05, 4.69) is 25.4 Å². The predicted molar refractivity (Wildman–Crippen MR) is 94.9 cm³/mol. The van der Waals surface area contributed by atoms with Crippen LogP contribution in [-0.2, 0) is 22.7 Å². The monoisotopic (exact) mass is 442 g/mol. The van der Waals surface area contributed by atoms with Crippen molar-refractivity contribution in [2.75, 3.05) is 17.2 Å². The number of aliphatic hydroxyl groups is 1. The van der Waals surface area contributed by atoms with Crippen molar-refractivity contribution in [1.82, 2.24) is 9.97 Å². The van der Waals surface area contributed by atoms with Gasteiger partial charge in [-0.15, -0.1) is 0 Å². The molecule has 28 heavy (non-hydrogen) atoms. The molecule has 2 heterocycles. The lowest BCUT2D eigenvalue weighted by Crippen LogP contribution is -2.34. The highest BCUT2D eigenvalue weighted by Gasteiger charge is 2.40. The van der Waals surface area contributed by atoms with Crippen molar-refractivity contribution in [2.45, 2.75) is 31.8 Å². The molecule has 1 aromatic rings. The number of aliphatic hydroxyl groups excluding tert-OH is 1. The molecule has 0 aliphatic carbocycles. The molecule has 0 amide bonds. The van der Waals surface area contributed by atoms with Gasteiger partial charge in [-0.3, -0.25) is 9.32 Å². The summed E-state index contributed by atoms with van der Waals surface area (Å²) in [6.07, 6.45) is -1.88. The normalized spacial score (nSPS) is 24.7. The quantitative estimate of drug-likeness (QED) is 0.275. The van der Waals surface area contributed by atoms with E-state index in [4.69, 9.17) is 20.3 Å². The van der Waals surface area contributed by atoms with Gasteiger partial charge >= 0.3 is 15.6 Å². The number of nitrogens with zero attached hydrogens (tertiary/aromatic N) is 2. The lowest BCUT2D eigenvalue weighted by molar-refractivity contribution is -0.0199. The number of rotatable bonds is 8. The molecule has 1 saturated heterocycles. The van der Waals surface area contributed by atoms with E-state index in [-0.39, 0.29) is 23.8 Å². The number of hydrogen-bond acceptors (Lipinski definition) is 10. The van der Waals surface area contributed by atoms with Crippen molar-refractivity contribution in [3.63, 3.8) is 0 Å². The summed E-state index contributed by atoms with van der Waals surface area (Å²) in [7, 11) is -10.3. The standard InChI is InChI=1S/C12H20N4O10P2/c1-3-16(10-6(2)11(18)15-12(13)14-10)9-4-7(17)8(25-9)5-24-28(22,23)26-27(19,20)21/h3,7-9,17H,1,4-5H2,2H3,(H,22,23)(H2,19,20,21)(H3,13,14,15,18). The first-order valence-electron chi connectivity index (χ1n) is 7.68. The van der Waals surface area contributed by atoms with Crippen molar-refractivity contribution < 1.29 is 42.5 Å². The molecular weight excluding hydrogens is 422 g/mol. The Kier molecular flexibility index (Phi) is 6.82. The van der Waals surface area contributed by atoms with E-state index in [9.17, 15) is 23.9 Å². The molecule has 0 saturated carbocycles. The number of nitrogens with two attached hydrogens (primary N) is 1.